The average Bonchev–Trinajstić information content (AvgIpc) is 3.33. The minimum absolute atomic E-state index is 0.355. The van der Waals surface area contributed by atoms with Gasteiger partial charge >= 0.3 is 0 Å². The van der Waals surface area contributed by atoms with E-state index in [1.165, 1.54) is 12.8 Å². The summed E-state index contributed by atoms with van der Waals surface area (Å²) in [6.07, 6.45) is 6.98. The highest BCUT2D eigenvalue weighted by molar-refractivity contribution is 5.91. The van der Waals surface area contributed by atoms with Crippen LogP contribution in [0.4, 0.5) is 17.5 Å². The van der Waals surface area contributed by atoms with Gasteiger partial charge in [0, 0.05) is 54.8 Å². The standard InChI is InChI=1S/C23H28N8O/c1-2-32-22-14-21(29-30-22)27-20-13-19-18(5-3-9-25-19)23(28-20)26-15-11-16-6-7-17(12-15)31(16)10-4-8-24/h3,5,9,13-17H,2,4,6-7,10-12H2,1H3,(H3,26,27,28,29,30)/t15?,16-,17+. The SMILES string of the molecule is CCOc1cc(Nc2cc3ncccc3c(NC3C[C@H]4CC[C@@H](C3)N4CCC#N)n2)[nH]n1. The Bertz CT molecular complexity index is 1110. The molecule has 9 heteroatoms. The molecular weight excluding hydrogens is 404 g/mol. The van der Waals surface area contributed by atoms with Crippen LogP contribution < -0.4 is 15.4 Å². The predicted molar refractivity (Wildman–Crippen MR) is 123 cm³/mol. The first-order valence-corrected chi connectivity index (χ1v) is 11.3. The van der Waals surface area contributed by atoms with E-state index in [0.29, 0.717) is 48.7 Å². The molecule has 32 heavy (non-hydrogen) atoms. The predicted octanol–water partition coefficient (Wildman–Crippen LogP) is 3.82. The summed E-state index contributed by atoms with van der Waals surface area (Å²) in [6.45, 7) is 3.38. The highest BCUT2D eigenvalue weighted by Gasteiger charge is 2.40. The number of aromatic nitrogens is 4. The summed E-state index contributed by atoms with van der Waals surface area (Å²) in [5.74, 6) is 2.80. The zero-order valence-corrected chi connectivity index (χ0v) is 18.2. The number of pyridine rings is 2. The first-order valence-electron chi connectivity index (χ1n) is 11.3. The van der Waals surface area contributed by atoms with Gasteiger partial charge in [0.05, 0.1) is 18.2 Å². The summed E-state index contributed by atoms with van der Waals surface area (Å²) in [4.78, 5) is 12.0. The maximum atomic E-state index is 8.97. The summed E-state index contributed by atoms with van der Waals surface area (Å²) in [5, 5.41) is 24.1. The van der Waals surface area contributed by atoms with Crippen LogP contribution in [0.25, 0.3) is 10.9 Å². The molecule has 0 amide bonds. The van der Waals surface area contributed by atoms with Crippen molar-refractivity contribution in [2.24, 2.45) is 0 Å². The maximum absolute atomic E-state index is 8.97. The van der Waals surface area contributed by atoms with Crippen molar-refractivity contribution in [3.8, 4) is 11.9 Å². The molecule has 2 fully saturated rings. The molecule has 3 N–H and O–H groups in total. The lowest BCUT2D eigenvalue weighted by molar-refractivity contribution is 0.136. The smallest absolute Gasteiger partial charge is 0.234 e. The Labute approximate surface area is 187 Å². The number of piperidine rings is 1. The number of rotatable bonds is 8. The second-order valence-electron chi connectivity index (χ2n) is 8.45. The number of anilines is 3. The van der Waals surface area contributed by atoms with Crippen LogP contribution in [0.15, 0.2) is 30.5 Å². The van der Waals surface area contributed by atoms with Gasteiger partial charge in [0.15, 0.2) is 0 Å². The van der Waals surface area contributed by atoms with Crippen molar-refractivity contribution in [2.45, 2.75) is 57.2 Å². The molecule has 0 spiro atoms. The van der Waals surface area contributed by atoms with E-state index in [9.17, 15) is 0 Å². The Morgan fingerprint density at radius 3 is 2.91 bits per heavy atom. The summed E-state index contributed by atoms with van der Waals surface area (Å²) in [7, 11) is 0. The molecule has 5 rings (SSSR count). The van der Waals surface area contributed by atoms with Crippen LogP contribution in [0.5, 0.6) is 5.88 Å². The number of H-pyrrole nitrogens is 1. The van der Waals surface area contributed by atoms with Crippen LogP contribution in [0.1, 0.15) is 39.0 Å². The summed E-state index contributed by atoms with van der Waals surface area (Å²) in [6, 6.07) is 11.5. The number of aromatic amines is 1. The fourth-order valence-electron chi connectivity index (χ4n) is 5.11. The number of nitrogens with zero attached hydrogens (tertiary/aromatic N) is 5. The molecule has 3 aromatic rings. The van der Waals surface area contributed by atoms with Crippen molar-refractivity contribution in [3.63, 3.8) is 0 Å². The molecule has 0 aliphatic carbocycles. The molecule has 0 radical (unpaired) electrons. The van der Waals surface area contributed by atoms with Crippen LogP contribution in [0.2, 0.25) is 0 Å². The lowest BCUT2D eigenvalue weighted by atomic mass is 9.97. The Hall–Kier alpha value is -3.38. The minimum Gasteiger partial charge on any atom is -0.477 e. The highest BCUT2D eigenvalue weighted by atomic mass is 16.5. The van der Waals surface area contributed by atoms with Gasteiger partial charge in [-0.15, -0.1) is 5.10 Å². The molecule has 3 atom stereocenters. The van der Waals surface area contributed by atoms with E-state index in [1.54, 1.807) is 6.20 Å². The van der Waals surface area contributed by atoms with Gasteiger partial charge in [-0.1, -0.05) is 0 Å². The number of hydrogen-bond donors (Lipinski definition) is 3. The van der Waals surface area contributed by atoms with E-state index in [0.717, 1.165) is 36.1 Å². The molecule has 2 saturated heterocycles. The van der Waals surface area contributed by atoms with Gasteiger partial charge in [-0.2, -0.15) is 5.26 Å². The second kappa shape index (κ2) is 9.01. The van der Waals surface area contributed by atoms with Gasteiger partial charge in [0.2, 0.25) is 5.88 Å². The number of fused-ring (bicyclic) bond motifs is 3. The van der Waals surface area contributed by atoms with Crippen LogP contribution in [-0.4, -0.2) is 56.3 Å². The lowest BCUT2D eigenvalue weighted by Gasteiger charge is -2.39. The van der Waals surface area contributed by atoms with E-state index in [2.05, 4.69) is 42.9 Å². The van der Waals surface area contributed by atoms with E-state index in [1.807, 2.05) is 25.1 Å². The first kappa shape index (κ1) is 20.5. The third-order valence-electron chi connectivity index (χ3n) is 6.42. The fourth-order valence-corrected chi connectivity index (χ4v) is 5.11. The molecule has 166 valence electrons. The maximum Gasteiger partial charge on any atom is 0.234 e. The van der Waals surface area contributed by atoms with Crippen molar-refractivity contribution >= 4 is 28.4 Å². The zero-order chi connectivity index (χ0) is 21.9. The Morgan fingerprint density at radius 2 is 2.12 bits per heavy atom. The molecule has 2 aliphatic rings. The van der Waals surface area contributed by atoms with Crippen molar-refractivity contribution in [2.75, 3.05) is 23.8 Å². The molecule has 0 saturated carbocycles. The summed E-state index contributed by atoms with van der Waals surface area (Å²) < 4.78 is 5.43. The zero-order valence-electron chi connectivity index (χ0n) is 18.2. The van der Waals surface area contributed by atoms with Gasteiger partial charge in [-0.25, -0.2) is 4.98 Å². The van der Waals surface area contributed by atoms with Gasteiger partial charge in [-0.05, 0) is 44.7 Å². The van der Waals surface area contributed by atoms with Crippen molar-refractivity contribution in [1.82, 2.24) is 25.1 Å². The average molecular weight is 433 g/mol. The minimum atomic E-state index is 0.355. The molecular formula is C23H28N8O. The third-order valence-corrected chi connectivity index (χ3v) is 6.42. The molecule has 3 aromatic heterocycles. The van der Waals surface area contributed by atoms with E-state index >= 15 is 0 Å². The van der Waals surface area contributed by atoms with E-state index < -0.39 is 0 Å². The number of nitriles is 1. The summed E-state index contributed by atoms with van der Waals surface area (Å²) >= 11 is 0. The lowest BCUT2D eigenvalue weighted by Crippen LogP contribution is -2.47. The Balaban J connectivity index is 1.36. The van der Waals surface area contributed by atoms with Gasteiger partial charge in [0.1, 0.15) is 17.5 Å². The van der Waals surface area contributed by atoms with Gasteiger partial charge in [0.25, 0.3) is 0 Å². The van der Waals surface area contributed by atoms with Crippen molar-refractivity contribution < 1.29 is 4.74 Å². The first-order chi connectivity index (χ1) is 15.7. The third kappa shape index (κ3) is 4.18. The topological polar surface area (TPSA) is 115 Å². The van der Waals surface area contributed by atoms with Crippen molar-refractivity contribution in [3.05, 3.63) is 30.5 Å². The van der Waals surface area contributed by atoms with Crippen LogP contribution in [0.3, 0.4) is 0 Å². The number of nitrogens with one attached hydrogen (secondary N) is 3. The summed E-state index contributed by atoms with van der Waals surface area (Å²) in [5.41, 5.74) is 0.881. The molecule has 2 aliphatic heterocycles. The van der Waals surface area contributed by atoms with Crippen molar-refractivity contribution in [1.29, 1.82) is 5.26 Å². The van der Waals surface area contributed by atoms with E-state index in [4.69, 9.17) is 15.0 Å². The quantitative estimate of drug-likeness (QED) is 0.492. The van der Waals surface area contributed by atoms with Crippen LogP contribution in [0, 0.1) is 11.3 Å². The highest BCUT2D eigenvalue weighted by Crippen LogP contribution is 2.37. The number of ether oxygens (including phenoxy) is 1. The fraction of sp³-hybridized carbons (Fsp3) is 0.478. The van der Waals surface area contributed by atoms with Crippen LogP contribution >= 0.6 is 0 Å². The van der Waals surface area contributed by atoms with Gasteiger partial charge in [-0.3, -0.25) is 15.0 Å². The molecule has 5 heterocycles. The Kier molecular flexibility index (Phi) is 5.77. The molecule has 2 bridgehead atoms. The number of hydrogen-bond acceptors (Lipinski definition) is 8. The molecule has 1 unspecified atom stereocenters. The normalized spacial score (nSPS) is 22.6. The second-order valence-corrected chi connectivity index (χ2v) is 8.45. The van der Waals surface area contributed by atoms with Crippen LogP contribution in [-0.2, 0) is 0 Å². The molecule has 9 nitrogen and oxygen atoms in total. The molecule has 0 aromatic carbocycles. The monoisotopic (exact) mass is 432 g/mol. The van der Waals surface area contributed by atoms with Gasteiger partial charge < -0.3 is 15.4 Å². The Morgan fingerprint density at radius 1 is 1.28 bits per heavy atom. The largest absolute Gasteiger partial charge is 0.477 e. The van der Waals surface area contributed by atoms with E-state index in [-0.39, 0.29) is 0 Å².